The van der Waals surface area contributed by atoms with Crippen molar-refractivity contribution in [3.8, 4) is 5.75 Å². The van der Waals surface area contributed by atoms with Gasteiger partial charge in [0, 0.05) is 11.3 Å². The van der Waals surface area contributed by atoms with Gasteiger partial charge in [0.1, 0.15) is 5.75 Å². The van der Waals surface area contributed by atoms with E-state index < -0.39 is 0 Å². The van der Waals surface area contributed by atoms with Gasteiger partial charge in [0.05, 0.1) is 0 Å². The summed E-state index contributed by atoms with van der Waals surface area (Å²) in [5, 5.41) is 9.46. The van der Waals surface area contributed by atoms with Crippen LogP contribution >= 0.6 is 0 Å². The molecule has 0 atom stereocenters. The first-order valence-corrected chi connectivity index (χ1v) is 4.68. The molecule has 0 heterocycles. The summed E-state index contributed by atoms with van der Waals surface area (Å²) < 4.78 is 0. The summed E-state index contributed by atoms with van der Waals surface area (Å²) in [6.07, 6.45) is 3.42. The van der Waals surface area contributed by atoms with Crippen LogP contribution in [0.4, 0.5) is 0 Å². The highest BCUT2D eigenvalue weighted by Gasteiger charge is 1.96. The lowest BCUT2D eigenvalue weighted by atomic mass is 10.1. The summed E-state index contributed by atoms with van der Waals surface area (Å²) in [5.74, 6) is 0.253. The number of nitrogens with two attached hydrogens (primary N) is 2. The predicted molar refractivity (Wildman–Crippen MR) is 58.6 cm³/mol. The number of allylic oxidation sites excluding steroid dienone is 1. The Bertz CT molecular complexity index is 321. The molecule has 0 saturated carbocycles. The van der Waals surface area contributed by atoms with Crippen molar-refractivity contribution in [2.75, 3.05) is 6.54 Å². The molecular weight excluding hydrogens is 176 g/mol. The third kappa shape index (κ3) is 3.11. The van der Waals surface area contributed by atoms with Crippen molar-refractivity contribution < 1.29 is 5.11 Å². The largest absolute Gasteiger partial charge is 0.507 e. The van der Waals surface area contributed by atoms with Crippen LogP contribution in [0, 0.1) is 0 Å². The molecule has 76 valence electrons. The van der Waals surface area contributed by atoms with Gasteiger partial charge < -0.3 is 16.6 Å². The summed E-state index contributed by atoms with van der Waals surface area (Å²) in [6, 6.07) is 7.11. The minimum Gasteiger partial charge on any atom is -0.507 e. The van der Waals surface area contributed by atoms with Crippen LogP contribution < -0.4 is 11.5 Å². The lowest BCUT2D eigenvalue weighted by molar-refractivity contribution is 0.474. The van der Waals surface area contributed by atoms with E-state index in [2.05, 4.69) is 0 Å². The summed E-state index contributed by atoms with van der Waals surface area (Å²) >= 11 is 0. The second-order valence-electron chi connectivity index (χ2n) is 3.17. The molecule has 1 aromatic rings. The van der Waals surface area contributed by atoms with Crippen LogP contribution in [-0.2, 0) is 0 Å². The third-order valence-corrected chi connectivity index (χ3v) is 1.95. The van der Waals surface area contributed by atoms with Crippen molar-refractivity contribution in [2.24, 2.45) is 11.5 Å². The number of rotatable bonds is 4. The molecule has 1 rings (SSSR count). The van der Waals surface area contributed by atoms with Crippen LogP contribution in [-0.4, -0.2) is 11.7 Å². The van der Waals surface area contributed by atoms with Gasteiger partial charge in [0.25, 0.3) is 0 Å². The van der Waals surface area contributed by atoms with Crippen molar-refractivity contribution in [3.05, 3.63) is 35.5 Å². The minimum atomic E-state index is 0.253. The maximum atomic E-state index is 9.46. The van der Waals surface area contributed by atoms with Crippen molar-refractivity contribution in [1.29, 1.82) is 0 Å². The topological polar surface area (TPSA) is 72.3 Å². The zero-order valence-electron chi connectivity index (χ0n) is 8.11. The first-order valence-electron chi connectivity index (χ1n) is 4.68. The first kappa shape index (κ1) is 10.6. The highest BCUT2D eigenvalue weighted by molar-refractivity contribution is 5.58. The second-order valence-corrected chi connectivity index (χ2v) is 3.17. The van der Waals surface area contributed by atoms with Crippen molar-refractivity contribution >= 4 is 6.08 Å². The monoisotopic (exact) mass is 192 g/mol. The van der Waals surface area contributed by atoms with Crippen molar-refractivity contribution in [3.63, 3.8) is 0 Å². The molecule has 0 unspecified atom stereocenters. The number of hydrogen-bond donors (Lipinski definition) is 3. The zero-order chi connectivity index (χ0) is 10.4. The van der Waals surface area contributed by atoms with Crippen LogP contribution in [0.5, 0.6) is 5.75 Å². The highest BCUT2D eigenvalue weighted by atomic mass is 16.3. The van der Waals surface area contributed by atoms with Gasteiger partial charge in [-0.15, -0.1) is 0 Å². The standard InChI is InChI=1S/C11H16N2O/c12-7-3-5-10(13)8-9-4-1-2-6-11(9)14/h1-2,4,6,8,14H,3,5,7,12-13H2/b10-8-. The molecular formula is C11H16N2O. The molecule has 0 aliphatic heterocycles. The normalized spacial score (nSPS) is 11.6. The van der Waals surface area contributed by atoms with E-state index in [4.69, 9.17) is 11.5 Å². The fourth-order valence-electron chi connectivity index (χ4n) is 1.19. The van der Waals surface area contributed by atoms with Crippen LogP contribution in [0.3, 0.4) is 0 Å². The molecule has 0 bridgehead atoms. The predicted octanol–water partition coefficient (Wildman–Crippen LogP) is 1.43. The lowest BCUT2D eigenvalue weighted by Crippen LogP contribution is -2.03. The Balaban J connectivity index is 2.71. The van der Waals surface area contributed by atoms with E-state index in [1.54, 1.807) is 18.2 Å². The van der Waals surface area contributed by atoms with E-state index in [-0.39, 0.29) is 5.75 Å². The second kappa shape index (κ2) is 5.29. The Kier molecular flexibility index (Phi) is 4.01. The maximum Gasteiger partial charge on any atom is 0.122 e. The van der Waals surface area contributed by atoms with Crippen LogP contribution in [0.15, 0.2) is 30.0 Å². The lowest BCUT2D eigenvalue weighted by Gasteiger charge is -2.01. The average molecular weight is 192 g/mol. The quantitative estimate of drug-likeness (QED) is 0.675. The van der Waals surface area contributed by atoms with E-state index in [9.17, 15) is 5.11 Å². The molecule has 5 N–H and O–H groups in total. The molecule has 3 nitrogen and oxygen atoms in total. The van der Waals surface area contributed by atoms with Gasteiger partial charge in [-0.3, -0.25) is 0 Å². The molecule has 0 aromatic heterocycles. The summed E-state index contributed by atoms with van der Waals surface area (Å²) in [4.78, 5) is 0. The van der Waals surface area contributed by atoms with E-state index in [0.29, 0.717) is 6.54 Å². The number of hydrogen-bond acceptors (Lipinski definition) is 3. The van der Waals surface area contributed by atoms with E-state index >= 15 is 0 Å². The van der Waals surface area contributed by atoms with Gasteiger partial charge in [-0.25, -0.2) is 0 Å². The molecule has 0 saturated heterocycles. The summed E-state index contributed by atoms with van der Waals surface area (Å²) in [5.41, 5.74) is 12.6. The fourth-order valence-corrected chi connectivity index (χ4v) is 1.19. The Morgan fingerprint density at radius 3 is 2.71 bits per heavy atom. The Morgan fingerprint density at radius 1 is 1.36 bits per heavy atom. The fraction of sp³-hybridized carbons (Fsp3) is 0.273. The van der Waals surface area contributed by atoms with Gasteiger partial charge in [0.2, 0.25) is 0 Å². The minimum absolute atomic E-state index is 0.253. The number of phenolic OH excluding ortho intramolecular Hbond substituents is 1. The molecule has 0 amide bonds. The van der Waals surface area contributed by atoms with Gasteiger partial charge >= 0.3 is 0 Å². The van der Waals surface area contributed by atoms with Crippen molar-refractivity contribution in [1.82, 2.24) is 0 Å². The molecule has 1 aromatic carbocycles. The molecule has 0 spiro atoms. The maximum absolute atomic E-state index is 9.46. The molecule has 0 aliphatic rings. The SMILES string of the molecule is NCCC/C(N)=C/c1ccccc1O. The Hall–Kier alpha value is -1.48. The number of aromatic hydroxyl groups is 1. The van der Waals surface area contributed by atoms with Gasteiger partial charge in [-0.1, -0.05) is 18.2 Å². The molecule has 0 radical (unpaired) electrons. The Labute approximate surface area is 84.0 Å². The van der Waals surface area contributed by atoms with E-state index in [1.807, 2.05) is 12.1 Å². The van der Waals surface area contributed by atoms with Crippen LogP contribution in [0.1, 0.15) is 18.4 Å². The number of phenols is 1. The van der Waals surface area contributed by atoms with Crippen molar-refractivity contribution in [2.45, 2.75) is 12.8 Å². The van der Waals surface area contributed by atoms with Gasteiger partial charge in [-0.2, -0.15) is 0 Å². The average Bonchev–Trinajstić information content (AvgIpc) is 2.18. The summed E-state index contributed by atoms with van der Waals surface area (Å²) in [6.45, 7) is 0.634. The van der Waals surface area contributed by atoms with E-state index in [0.717, 1.165) is 24.1 Å². The molecule has 0 fully saturated rings. The number of benzene rings is 1. The molecule has 3 heteroatoms. The summed E-state index contributed by atoms with van der Waals surface area (Å²) in [7, 11) is 0. The van der Waals surface area contributed by atoms with Crippen LogP contribution in [0.25, 0.3) is 6.08 Å². The number of para-hydroxylation sites is 1. The van der Waals surface area contributed by atoms with Gasteiger partial charge in [0.15, 0.2) is 0 Å². The van der Waals surface area contributed by atoms with E-state index in [1.165, 1.54) is 0 Å². The highest BCUT2D eigenvalue weighted by Crippen LogP contribution is 2.18. The first-order chi connectivity index (χ1) is 6.74. The van der Waals surface area contributed by atoms with Gasteiger partial charge in [-0.05, 0) is 31.5 Å². The zero-order valence-corrected chi connectivity index (χ0v) is 8.11. The third-order valence-electron chi connectivity index (χ3n) is 1.95. The van der Waals surface area contributed by atoms with Crippen LogP contribution in [0.2, 0.25) is 0 Å². The molecule has 0 aliphatic carbocycles. The smallest absolute Gasteiger partial charge is 0.122 e. The molecule has 14 heavy (non-hydrogen) atoms. The Morgan fingerprint density at radius 2 is 2.07 bits per heavy atom.